The predicted octanol–water partition coefficient (Wildman–Crippen LogP) is 2.82. The zero-order valence-electron chi connectivity index (χ0n) is 15.8. The Labute approximate surface area is 161 Å². The molecule has 0 bridgehead atoms. The first-order chi connectivity index (χ1) is 12.1. The number of hydrogen-bond donors (Lipinski definition) is 2. The molecule has 0 aliphatic rings. The van der Waals surface area contributed by atoms with Gasteiger partial charge >= 0.3 is 0 Å². The quantitative estimate of drug-likeness (QED) is 0.555. The molecule has 6 nitrogen and oxygen atoms in total. The highest BCUT2D eigenvalue weighted by atomic mass is 35.5. The van der Waals surface area contributed by atoms with Gasteiger partial charge < -0.3 is 10.1 Å². The van der Waals surface area contributed by atoms with Crippen molar-refractivity contribution in [3.63, 3.8) is 0 Å². The molecule has 0 spiro atoms. The van der Waals surface area contributed by atoms with E-state index in [0.717, 1.165) is 0 Å². The average Bonchev–Trinajstić information content (AvgIpc) is 2.55. The van der Waals surface area contributed by atoms with E-state index in [0.29, 0.717) is 37.1 Å². The van der Waals surface area contributed by atoms with Crippen molar-refractivity contribution in [3.8, 4) is 0 Å². The molecule has 0 aliphatic carbocycles. The molecule has 0 saturated carbocycles. The molecule has 1 atom stereocenters. The fraction of sp³-hybridized carbons (Fsp3) is 0.611. The van der Waals surface area contributed by atoms with E-state index in [1.54, 1.807) is 13.8 Å². The lowest BCUT2D eigenvalue weighted by Gasteiger charge is -2.21. The van der Waals surface area contributed by atoms with E-state index >= 15 is 0 Å². The van der Waals surface area contributed by atoms with Crippen LogP contribution in [-0.4, -0.2) is 40.1 Å². The Hall–Kier alpha value is -1.15. The number of amides is 1. The summed E-state index contributed by atoms with van der Waals surface area (Å²) in [5, 5.41) is 3.21. The molecule has 0 fully saturated rings. The van der Waals surface area contributed by atoms with Gasteiger partial charge in [-0.3, -0.25) is 4.79 Å². The topological polar surface area (TPSA) is 84.5 Å². The third-order valence-electron chi connectivity index (χ3n) is 3.57. The van der Waals surface area contributed by atoms with Crippen molar-refractivity contribution in [2.45, 2.75) is 45.1 Å². The van der Waals surface area contributed by atoms with Crippen molar-refractivity contribution in [3.05, 3.63) is 29.3 Å². The van der Waals surface area contributed by atoms with Gasteiger partial charge in [0.05, 0.1) is 4.90 Å². The third-order valence-corrected chi connectivity index (χ3v) is 5.28. The van der Waals surface area contributed by atoms with Crippen molar-refractivity contribution in [2.24, 2.45) is 11.8 Å². The third kappa shape index (κ3) is 8.03. The zero-order chi connectivity index (χ0) is 19.7. The highest BCUT2D eigenvalue weighted by Crippen LogP contribution is 2.15. The van der Waals surface area contributed by atoms with E-state index < -0.39 is 16.1 Å². The summed E-state index contributed by atoms with van der Waals surface area (Å²) in [6.45, 7) is 9.40. The van der Waals surface area contributed by atoms with Gasteiger partial charge in [-0.2, -0.15) is 4.72 Å². The summed E-state index contributed by atoms with van der Waals surface area (Å²) in [6, 6.07) is 4.96. The molecule has 8 heteroatoms. The largest absolute Gasteiger partial charge is 0.381 e. The van der Waals surface area contributed by atoms with E-state index in [-0.39, 0.29) is 16.7 Å². The van der Waals surface area contributed by atoms with Gasteiger partial charge in [-0.05, 0) is 42.5 Å². The average molecular weight is 405 g/mol. The molecule has 1 aromatic carbocycles. The van der Waals surface area contributed by atoms with Gasteiger partial charge in [0.25, 0.3) is 0 Å². The first-order valence-electron chi connectivity index (χ1n) is 8.77. The first kappa shape index (κ1) is 22.9. The summed E-state index contributed by atoms with van der Waals surface area (Å²) in [5.41, 5.74) is 0. The van der Waals surface area contributed by atoms with Crippen molar-refractivity contribution < 1.29 is 17.9 Å². The van der Waals surface area contributed by atoms with E-state index in [2.05, 4.69) is 23.9 Å². The second-order valence-electron chi connectivity index (χ2n) is 6.91. The number of carbonyl (C=O) groups excluding carboxylic acids is 1. The standard InChI is InChI=1S/C18H29ClN2O4S/c1-13(2)12-25-11-5-10-20-18(22)17(14(3)4)21-26(23,24)16-8-6-15(19)7-9-16/h6-9,13-14,17,21H,5,10-12H2,1-4H3,(H,20,22)/t17-/m0/s1. The van der Waals surface area contributed by atoms with Crippen molar-refractivity contribution in [1.29, 1.82) is 0 Å². The molecule has 1 amide bonds. The SMILES string of the molecule is CC(C)COCCCNC(=O)[C@@H](NS(=O)(=O)c1ccc(Cl)cc1)C(C)C. The summed E-state index contributed by atoms with van der Waals surface area (Å²) >= 11 is 5.79. The van der Waals surface area contributed by atoms with Gasteiger partial charge in [0.15, 0.2) is 0 Å². The van der Waals surface area contributed by atoms with Crippen LogP contribution in [0.3, 0.4) is 0 Å². The van der Waals surface area contributed by atoms with Crippen LogP contribution < -0.4 is 10.0 Å². The second-order valence-corrected chi connectivity index (χ2v) is 9.06. The van der Waals surface area contributed by atoms with Gasteiger partial charge in [-0.1, -0.05) is 39.3 Å². The van der Waals surface area contributed by atoms with Crippen LogP contribution in [0.25, 0.3) is 0 Å². The molecule has 0 saturated heterocycles. The summed E-state index contributed by atoms with van der Waals surface area (Å²) in [7, 11) is -3.81. The van der Waals surface area contributed by atoms with Crippen LogP contribution in [0.2, 0.25) is 5.02 Å². The van der Waals surface area contributed by atoms with Crippen molar-refractivity contribution >= 4 is 27.5 Å². The molecule has 0 radical (unpaired) electrons. The minimum Gasteiger partial charge on any atom is -0.381 e. The Kier molecular flexibility index (Phi) is 9.57. The fourth-order valence-electron chi connectivity index (χ4n) is 2.16. The summed E-state index contributed by atoms with van der Waals surface area (Å²) in [5.74, 6) is -0.0761. The normalized spacial score (nSPS) is 13.2. The van der Waals surface area contributed by atoms with Crippen LogP contribution >= 0.6 is 11.6 Å². The summed E-state index contributed by atoms with van der Waals surface area (Å²) < 4.78 is 32.9. The monoisotopic (exact) mass is 404 g/mol. The van der Waals surface area contributed by atoms with Gasteiger partial charge in [-0.15, -0.1) is 0 Å². The lowest BCUT2D eigenvalue weighted by Crippen LogP contribution is -2.49. The Bertz CT molecular complexity index is 660. The minimum atomic E-state index is -3.81. The van der Waals surface area contributed by atoms with Gasteiger partial charge in [0.1, 0.15) is 6.04 Å². The Morgan fingerprint density at radius 1 is 1.15 bits per heavy atom. The maximum absolute atomic E-state index is 12.5. The predicted molar refractivity (Wildman–Crippen MR) is 104 cm³/mol. The molecule has 0 aliphatic heterocycles. The number of nitrogens with one attached hydrogen (secondary N) is 2. The molecule has 0 heterocycles. The summed E-state index contributed by atoms with van der Waals surface area (Å²) in [4.78, 5) is 12.5. The lowest BCUT2D eigenvalue weighted by molar-refractivity contribution is -0.123. The Balaban J connectivity index is 2.59. The van der Waals surface area contributed by atoms with Crippen LogP contribution in [0.1, 0.15) is 34.1 Å². The number of sulfonamides is 1. The molecule has 2 N–H and O–H groups in total. The van der Waals surface area contributed by atoms with Crippen LogP contribution in [-0.2, 0) is 19.6 Å². The Morgan fingerprint density at radius 3 is 2.31 bits per heavy atom. The molecule has 1 rings (SSSR count). The zero-order valence-corrected chi connectivity index (χ0v) is 17.4. The maximum atomic E-state index is 12.5. The summed E-state index contributed by atoms with van der Waals surface area (Å²) in [6.07, 6.45) is 0.674. The molecule has 26 heavy (non-hydrogen) atoms. The smallest absolute Gasteiger partial charge is 0.241 e. The van der Waals surface area contributed by atoms with Gasteiger partial charge in [0, 0.05) is 24.8 Å². The number of ether oxygens (including phenoxy) is 1. The Morgan fingerprint density at radius 2 is 1.77 bits per heavy atom. The molecule has 0 unspecified atom stereocenters. The minimum absolute atomic E-state index is 0.0717. The van der Waals surface area contributed by atoms with E-state index in [1.165, 1.54) is 24.3 Å². The number of rotatable bonds is 11. The van der Waals surface area contributed by atoms with Crippen LogP contribution in [0.5, 0.6) is 0 Å². The number of benzene rings is 1. The highest BCUT2D eigenvalue weighted by Gasteiger charge is 2.28. The fourth-order valence-corrected chi connectivity index (χ4v) is 3.63. The highest BCUT2D eigenvalue weighted by molar-refractivity contribution is 7.89. The maximum Gasteiger partial charge on any atom is 0.241 e. The van der Waals surface area contributed by atoms with Crippen LogP contribution in [0, 0.1) is 11.8 Å². The van der Waals surface area contributed by atoms with Gasteiger partial charge in [0.2, 0.25) is 15.9 Å². The molecule has 148 valence electrons. The van der Waals surface area contributed by atoms with E-state index in [4.69, 9.17) is 16.3 Å². The van der Waals surface area contributed by atoms with E-state index in [9.17, 15) is 13.2 Å². The molecule has 1 aromatic rings. The van der Waals surface area contributed by atoms with Crippen molar-refractivity contribution in [1.82, 2.24) is 10.0 Å². The lowest BCUT2D eigenvalue weighted by atomic mass is 10.1. The van der Waals surface area contributed by atoms with Crippen LogP contribution in [0.4, 0.5) is 0 Å². The number of halogens is 1. The van der Waals surface area contributed by atoms with Crippen molar-refractivity contribution in [2.75, 3.05) is 19.8 Å². The number of carbonyl (C=O) groups is 1. The molecule has 0 aromatic heterocycles. The van der Waals surface area contributed by atoms with E-state index in [1.807, 2.05) is 0 Å². The molecular formula is C18H29ClN2O4S. The second kappa shape index (κ2) is 10.9. The van der Waals surface area contributed by atoms with Gasteiger partial charge in [-0.25, -0.2) is 8.42 Å². The first-order valence-corrected chi connectivity index (χ1v) is 10.6. The van der Waals surface area contributed by atoms with Crippen LogP contribution in [0.15, 0.2) is 29.2 Å². The number of hydrogen-bond acceptors (Lipinski definition) is 4. The molecular weight excluding hydrogens is 376 g/mol.